The summed E-state index contributed by atoms with van der Waals surface area (Å²) in [6, 6.07) is 15.4. The first kappa shape index (κ1) is 26.2. The quantitative estimate of drug-likeness (QED) is 0.301. The van der Waals surface area contributed by atoms with Crippen molar-refractivity contribution in [3.63, 3.8) is 0 Å². The van der Waals surface area contributed by atoms with Crippen LogP contribution in [0.1, 0.15) is 28.1 Å². The van der Waals surface area contributed by atoms with Crippen LogP contribution in [0.2, 0.25) is 0 Å². The second kappa shape index (κ2) is 11.5. The van der Waals surface area contributed by atoms with Gasteiger partial charge >= 0.3 is 0 Å². The fourth-order valence-corrected chi connectivity index (χ4v) is 4.66. The fourth-order valence-electron chi connectivity index (χ4n) is 4.02. The maximum absolute atomic E-state index is 12.0. The van der Waals surface area contributed by atoms with Crippen molar-refractivity contribution in [1.29, 1.82) is 0 Å². The molecular weight excluding hydrogens is 488 g/mol. The van der Waals surface area contributed by atoms with Crippen molar-refractivity contribution in [1.82, 2.24) is 19.9 Å². The molecule has 0 aliphatic heterocycles. The topological polar surface area (TPSA) is 95.3 Å². The number of carbonyl (C=O) groups excluding carboxylic acids is 2. The summed E-state index contributed by atoms with van der Waals surface area (Å²) in [5.41, 5.74) is 5.86. The van der Waals surface area contributed by atoms with E-state index in [0.29, 0.717) is 30.1 Å². The van der Waals surface area contributed by atoms with Gasteiger partial charge in [0.15, 0.2) is 5.65 Å². The number of imidazole rings is 1. The SMILES string of the molecule is CSC(Cc1ccc(OCc2nc3ccc(Oc4cc(C)cc(C)c4C)nc3n2C)cc1)C(=O)NC=O. The minimum absolute atomic E-state index is 0.272. The highest BCUT2D eigenvalue weighted by molar-refractivity contribution is 7.99. The monoisotopic (exact) mass is 518 g/mol. The summed E-state index contributed by atoms with van der Waals surface area (Å²) >= 11 is 1.40. The number of nitrogens with zero attached hydrogens (tertiary/aromatic N) is 3. The van der Waals surface area contributed by atoms with E-state index in [9.17, 15) is 9.59 Å². The Hall–Kier alpha value is -3.85. The van der Waals surface area contributed by atoms with E-state index >= 15 is 0 Å². The number of nitrogens with one attached hydrogen (secondary N) is 1. The Labute approximate surface area is 220 Å². The van der Waals surface area contributed by atoms with Crippen molar-refractivity contribution in [2.75, 3.05) is 6.26 Å². The summed E-state index contributed by atoms with van der Waals surface area (Å²) in [4.78, 5) is 31.9. The minimum atomic E-state index is -0.336. The maximum atomic E-state index is 12.0. The lowest BCUT2D eigenvalue weighted by Crippen LogP contribution is -2.32. The number of amides is 2. The zero-order valence-corrected chi connectivity index (χ0v) is 22.4. The molecule has 0 fully saturated rings. The lowest BCUT2D eigenvalue weighted by molar-refractivity contribution is -0.124. The molecular formula is C28H30N4O4S. The molecule has 0 aliphatic rings. The highest BCUT2D eigenvalue weighted by Gasteiger charge is 2.17. The van der Waals surface area contributed by atoms with Crippen LogP contribution in [0.3, 0.4) is 0 Å². The van der Waals surface area contributed by atoms with E-state index in [1.165, 1.54) is 17.3 Å². The molecule has 2 amide bonds. The number of imide groups is 1. The van der Waals surface area contributed by atoms with Crippen LogP contribution in [0.5, 0.6) is 17.4 Å². The molecule has 2 heterocycles. The van der Waals surface area contributed by atoms with Crippen LogP contribution < -0.4 is 14.8 Å². The lowest BCUT2D eigenvalue weighted by Gasteiger charge is -2.13. The average Bonchev–Trinajstić information content (AvgIpc) is 3.19. The third-order valence-electron chi connectivity index (χ3n) is 6.25. The third kappa shape index (κ3) is 6.11. The Morgan fingerprint density at radius 2 is 1.86 bits per heavy atom. The number of carbonyl (C=O) groups is 2. The summed E-state index contributed by atoms with van der Waals surface area (Å²) in [5.74, 6) is 2.44. The first-order valence-electron chi connectivity index (χ1n) is 11.9. The number of hydrogen-bond acceptors (Lipinski definition) is 7. The van der Waals surface area contributed by atoms with Crippen molar-refractivity contribution in [3.05, 3.63) is 76.6 Å². The van der Waals surface area contributed by atoms with Gasteiger partial charge in [-0.3, -0.25) is 14.9 Å². The molecule has 2 aromatic heterocycles. The van der Waals surface area contributed by atoms with Crippen molar-refractivity contribution in [2.24, 2.45) is 7.05 Å². The Kier molecular flexibility index (Phi) is 8.13. The molecule has 0 saturated heterocycles. The van der Waals surface area contributed by atoms with Gasteiger partial charge in [-0.25, -0.2) is 4.98 Å². The molecule has 0 bridgehead atoms. The van der Waals surface area contributed by atoms with Gasteiger partial charge in [-0.1, -0.05) is 18.2 Å². The number of thioether (sulfide) groups is 1. The van der Waals surface area contributed by atoms with Gasteiger partial charge in [0.05, 0.1) is 5.25 Å². The Balaban J connectivity index is 1.43. The van der Waals surface area contributed by atoms with Gasteiger partial charge in [0.2, 0.25) is 18.2 Å². The molecule has 2 aromatic carbocycles. The van der Waals surface area contributed by atoms with Crippen LogP contribution in [0.25, 0.3) is 11.2 Å². The molecule has 4 aromatic rings. The van der Waals surface area contributed by atoms with Crippen molar-refractivity contribution < 1.29 is 19.1 Å². The number of fused-ring (bicyclic) bond motifs is 1. The normalized spacial score (nSPS) is 11.8. The summed E-state index contributed by atoms with van der Waals surface area (Å²) in [6.07, 6.45) is 2.78. The minimum Gasteiger partial charge on any atom is -0.486 e. The van der Waals surface area contributed by atoms with Crippen LogP contribution in [0.4, 0.5) is 0 Å². The van der Waals surface area contributed by atoms with Gasteiger partial charge in [-0.2, -0.15) is 16.7 Å². The Bertz CT molecular complexity index is 1430. The van der Waals surface area contributed by atoms with E-state index < -0.39 is 0 Å². The lowest BCUT2D eigenvalue weighted by atomic mass is 10.1. The summed E-state index contributed by atoms with van der Waals surface area (Å²) in [6.45, 7) is 6.43. The van der Waals surface area contributed by atoms with E-state index in [1.807, 2.05) is 74.2 Å². The molecule has 1 atom stereocenters. The summed E-state index contributed by atoms with van der Waals surface area (Å²) in [5, 5.41) is 1.88. The average molecular weight is 519 g/mol. The molecule has 0 spiro atoms. The number of pyridine rings is 1. The molecule has 9 heteroatoms. The molecule has 8 nitrogen and oxygen atoms in total. The molecule has 1 N–H and O–H groups in total. The largest absolute Gasteiger partial charge is 0.486 e. The van der Waals surface area contributed by atoms with Gasteiger partial charge in [0, 0.05) is 13.1 Å². The molecule has 4 rings (SSSR count). The van der Waals surface area contributed by atoms with Gasteiger partial charge in [0.25, 0.3) is 0 Å². The second-order valence-electron chi connectivity index (χ2n) is 8.87. The van der Waals surface area contributed by atoms with Crippen molar-refractivity contribution in [3.8, 4) is 17.4 Å². The molecule has 0 radical (unpaired) electrons. The van der Waals surface area contributed by atoms with Crippen LogP contribution in [0, 0.1) is 20.8 Å². The molecule has 0 aliphatic carbocycles. The van der Waals surface area contributed by atoms with Crippen molar-refractivity contribution >= 4 is 35.2 Å². The first-order chi connectivity index (χ1) is 17.8. The van der Waals surface area contributed by atoms with E-state index in [1.54, 1.807) is 0 Å². The zero-order chi connectivity index (χ0) is 26.5. The standard InChI is InChI=1S/C28H30N4O4S/c1-17-12-18(2)19(3)23(13-17)36-26-11-10-22-27(31-26)32(4)25(30-22)15-35-21-8-6-20(7-9-21)14-24(37-5)28(34)29-16-33/h6-13,16,24H,14-15H2,1-5H3,(H,29,33,34). The number of benzene rings is 2. The molecule has 192 valence electrons. The van der Waals surface area contributed by atoms with Crippen LogP contribution in [0.15, 0.2) is 48.5 Å². The second-order valence-corrected chi connectivity index (χ2v) is 9.91. The highest BCUT2D eigenvalue weighted by Crippen LogP contribution is 2.29. The van der Waals surface area contributed by atoms with E-state index in [2.05, 4.69) is 28.3 Å². The van der Waals surface area contributed by atoms with Crippen molar-refractivity contribution in [2.45, 2.75) is 39.0 Å². The van der Waals surface area contributed by atoms with Gasteiger partial charge in [-0.05, 0) is 80.0 Å². The highest BCUT2D eigenvalue weighted by atomic mass is 32.2. The van der Waals surface area contributed by atoms with E-state index in [0.717, 1.165) is 33.8 Å². The van der Waals surface area contributed by atoms with Crippen LogP contribution in [-0.2, 0) is 29.7 Å². The summed E-state index contributed by atoms with van der Waals surface area (Å²) in [7, 11) is 1.91. The number of rotatable bonds is 10. The Morgan fingerprint density at radius 1 is 1.11 bits per heavy atom. The predicted octanol–water partition coefficient (Wildman–Crippen LogP) is 4.81. The summed E-state index contributed by atoms with van der Waals surface area (Å²) < 4.78 is 14.0. The smallest absolute Gasteiger partial charge is 0.239 e. The molecule has 37 heavy (non-hydrogen) atoms. The Morgan fingerprint density at radius 3 is 2.57 bits per heavy atom. The number of aromatic nitrogens is 3. The molecule has 0 saturated carbocycles. The van der Waals surface area contributed by atoms with Crippen LogP contribution in [-0.4, -0.2) is 38.4 Å². The predicted molar refractivity (Wildman–Crippen MR) is 145 cm³/mol. The third-order valence-corrected chi connectivity index (χ3v) is 7.20. The number of aryl methyl sites for hydroxylation is 3. The zero-order valence-electron chi connectivity index (χ0n) is 21.6. The maximum Gasteiger partial charge on any atom is 0.239 e. The van der Waals surface area contributed by atoms with Crippen LogP contribution >= 0.6 is 11.8 Å². The number of hydrogen-bond donors (Lipinski definition) is 1. The first-order valence-corrected chi connectivity index (χ1v) is 13.1. The van der Waals surface area contributed by atoms with Gasteiger partial charge in [-0.15, -0.1) is 0 Å². The molecule has 1 unspecified atom stereocenters. The number of ether oxygens (including phenoxy) is 2. The van der Waals surface area contributed by atoms with Gasteiger partial charge in [0.1, 0.15) is 29.4 Å². The van der Waals surface area contributed by atoms with Gasteiger partial charge < -0.3 is 14.0 Å². The van der Waals surface area contributed by atoms with E-state index in [-0.39, 0.29) is 17.8 Å². The fraction of sp³-hybridized carbons (Fsp3) is 0.286. The van der Waals surface area contributed by atoms with E-state index in [4.69, 9.17) is 9.47 Å².